The Morgan fingerprint density at radius 1 is 1.30 bits per heavy atom. The average Bonchev–Trinajstić information content (AvgIpc) is 2.74. The van der Waals surface area contributed by atoms with Crippen LogP contribution in [0, 0.1) is 11.3 Å². The maximum Gasteiger partial charge on any atom is 0.326 e. The molecule has 0 radical (unpaired) electrons. The molecular formula is C19H21N5O5S. The van der Waals surface area contributed by atoms with Crippen LogP contribution in [0.3, 0.4) is 0 Å². The number of aromatic nitrogens is 2. The van der Waals surface area contributed by atoms with E-state index in [1.807, 2.05) is 6.07 Å². The third-order valence-corrected chi connectivity index (χ3v) is 4.68. The number of rotatable bonds is 10. The second-order valence-electron chi connectivity index (χ2n) is 6.00. The Labute approximate surface area is 177 Å². The Morgan fingerprint density at radius 2 is 2.00 bits per heavy atom. The molecule has 10 nitrogen and oxygen atoms in total. The van der Waals surface area contributed by atoms with Gasteiger partial charge >= 0.3 is 5.97 Å². The van der Waals surface area contributed by atoms with Gasteiger partial charge < -0.3 is 25.6 Å². The van der Waals surface area contributed by atoms with Gasteiger partial charge in [0.15, 0.2) is 16.7 Å². The largest absolute Gasteiger partial charge is 0.493 e. The Morgan fingerprint density at radius 3 is 2.53 bits per heavy atom. The minimum absolute atomic E-state index is 0.0542. The number of carboxylic acids is 1. The van der Waals surface area contributed by atoms with Gasteiger partial charge in [-0.15, -0.1) is 0 Å². The molecule has 0 spiro atoms. The Hall–Kier alpha value is -3.52. The van der Waals surface area contributed by atoms with E-state index in [1.54, 1.807) is 24.5 Å². The van der Waals surface area contributed by atoms with Crippen LogP contribution in [0.4, 0.5) is 5.82 Å². The van der Waals surface area contributed by atoms with Crippen molar-refractivity contribution in [2.45, 2.75) is 24.0 Å². The molecule has 1 amide bonds. The molecule has 0 bridgehead atoms. The first-order valence-electron chi connectivity index (χ1n) is 8.70. The van der Waals surface area contributed by atoms with E-state index < -0.39 is 17.9 Å². The Balaban J connectivity index is 2.57. The number of anilines is 1. The zero-order valence-electron chi connectivity index (χ0n) is 16.6. The van der Waals surface area contributed by atoms with Crippen molar-refractivity contribution < 1.29 is 24.2 Å². The summed E-state index contributed by atoms with van der Waals surface area (Å²) < 4.78 is 10.6. The van der Waals surface area contributed by atoms with E-state index >= 15 is 0 Å². The number of carbonyl (C=O) groups excluding carboxylic acids is 1. The van der Waals surface area contributed by atoms with Crippen LogP contribution in [-0.4, -0.2) is 53.5 Å². The molecule has 11 heteroatoms. The maximum absolute atomic E-state index is 11.6. The predicted molar refractivity (Wildman–Crippen MR) is 111 cm³/mol. The van der Waals surface area contributed by atoms with E-state index in [0.717, 1.165) is 0 Å². The molecule has 2 aromatic rings. The predicted octanol–water partition coefficient (Wildman–Crippen LogP) is 1.88. The van der Waals surface area contributed by atoms with E-state index in [4.69, 9.17) is 15.2 Å². The van der Waals surface area contributed by atoms with Crippen molar-refractivity contribution in [3.63, 3.8) is 0 Å². The van der Waals surface area contributed by atoms with E-state index in [0.29, 0.717) is 27.9 Å². The van der Waals surface area contributed by atoms with E-state index in [2.05, 4.69) is 15.3 Å². The molecule has 1 heterocycles. The summed E-state index contributed by atoms with van der Waals surface area (Å²) in [6.45, 7) is 0. The Kier molecular flexibility index (Phi) is 7.83. The molecule has 0 aliphatic rings. The minimum atomic E-state index is -1.20. The summed E-state index contributed by atoms with van der Waals surface area (Å²) in [6.07, 6.45) is 1.57. The van der Waals surface area contributed by atoms with Gasteiger partial charge in [0.1, 0.15) is 23.5 Å². The van der Waals surface area contributed by atoms with Gasteiger partial charge in [-0.3, -0.25) is 4.79 Å². The molecule has 1 unspecified atom stereocenters. The van der Waals surface area contributed by atoms with E-state index in [1.165, 1.54) is 26.0 Å². The number of thioether (sulfide) groups is 1. The lowest BCUT2D eigenvalue weighted by atomic mass is 10.1. The highest BCUT2D eigenvalue weighted by molar-refractivity contribution is 7.98. The lowest BCUT2D eigenvalue weighted by Crippen LogP contribution is -2.31. The third-order valence-electron chi connectivity index (χ3n) is 4.13. The monoisotopic (exact) mass is 431 g/mol. The molecule has 0 aliphatic carbocycles. The molecule has 1 aromatic heterocycles. The summed E-state index contributed by atoms with van der Waals surface area (Å²) in [6, 6.07) is 5.93. The molecule has 4 N–H and O–H groups in total. The number of amides is 1. The highest BCUT2D eigenvalue weighted by atomic mass is 32.2. The summed E-state index contributed by atoms with van der Waals surface area (Å²) in [7, 11) is 3.00. The number of ether oxygens (including phenoxy) is 2. The van der Waals surface area contributed by atoms with Crippen molar-refractivity contribution in [3.8, 4) is 28.8 Å². The number of hydrogen-bond donors (Lipinski definition) is 3. The standard InChI is InChI=1S/C19H21N5O5S/c1-28-13-6-4-10(8-14(13)29-2)16-11(9-20)17(24-19(23-16)30-3)22-12(18(26)27)5-7-15(21)25/h4,6,8,12H,5,7H2,1-3H3,(H2,21,25)(H,26,27)(H,22,23,24). The van der Waals surface area contributed by atoms with Crippen LogP contribution < -0.4 is 20.5 Å². The number of aliphatic carboxylic acids is 1. The summed E-state index contributed by atoms with van der Waals surface area (Å²) in [5.41, 5.74) is 6.05. The fourth-order valence-corrected chi connectivity index (χ4v) is 3.01. The van der Waals surface area contributed by atoms with Crippen LogP contribution in [-0.2, 0) is 9.59 Å². The SMILES string of the molecule is COc1ccc(-c2nc(SC)nc(NC(CCC(N)=O)C(=O)O)c2C#N)cc1OC. The van der Waals surface area contributed by atoms with E-state index in [-0.39, 0.29) is 24.2 Å². The molecule has 2 rings (SSSR count). The molecule has 1 aromatic carbocycles. The molecule has 0 saturated carbocycles. The number of nitrogens with one attached hydrogen (secondary N) is 1. The van der Waals surface area contributed by atoms with Crippen LogP contribution in [0.1, 0.15) is 18.4 Å². The lowest BCUT2D eigenvalue weighted by molar-refractivity contribution is -0.138. The van der Waals surface area contributed by atoms with Gasteiger partial charge in [0.25, 0.3) is 0 Å². The number of nitriles is 1. The maximum atomic E-state index is 11.6. The highest BCUT2D eigenvalue weighted by Crippen LogP contribution is 2.35. The van der Waals surface area contributed by atoms with Gasteiger partial charge in [-0.2, -0.15) is 5.26 Å². The zero-order valence-corrected chi connectivity index (χ0v) is 17.4. The van der Waals surface area contributed by atoms with Crippen molar-refractivity contribution in [2.24, 2.45) is 5.73 Å². The number of carboxylic acid groups (broad SMARTS) is 1. The number of hydrogen-bond acceptors (Lipinski definition) is 9. The highest BCUT2D eigenvalue weighted by Gasteiger charge is 2.23. The van der Waals surface area contributed by atoms with Gasteiger partial charge in [0, 0.05) is 12.0 Å². The fraction of sp³-hybridized carbons (Fsp3) is 0.316. The van der Waals surface area contributed by atoms with Crippen LogP contribution in [0.5, 0.6) is 11.5 Å². The molecular weight excluding hydrogens is 410 g/mol. The summed E-state index contributed by atoms with van der Waals surface area (Å²) in [5.74, 6) is -0.810. The second-order valence-corrected chi connectivity index (χ2v) is 6.78. The van der Waals surface area contributed by atoms with Crippen molar-refractivity contribution in [3.05, 3.63) is 23.8 Å². The van der Waals surface area contributed by atoms with Crippen LogP contribution in [0.25, 0.3) is 11.3 Å². The second kappa shape index (κ2) is 10.3. The van der Waals surface area contributed by atoms with Gasteiger partial charge in [-0.25, -0.2) is 14.8 Å². The number of methoxy groups -OCH3 is 2. The first-order valence-corrected chi connectivity index (χ1v) is 9.93. The minimum Gasteiger partial charge on any atom is -0.493 e. The first kappa shape index (κ1) is 22.8. The van der Waals surface area contributed by atoms with Crippen LogP contribution >= 0.6 is 11.8 Å². The lowest BCUT2D eigenvalue weighted by Gasteiger charge is -2.17. The zero-order chi connectivity index (χ0) is 22.3. The normalized spacial score (nSPS) is 11.3. The summed E-state index contributed by atoms with van der Waals surface area (Å²) in [5, 5.41) is 22.3. The quantitative estimate of drug-likeness (QED) is 0.374. The summed E-state index contributed by atoms with van der Waals surface area (Å²) >= 11 is 1.23. The molecule has 1 atom stereocenters. The number of nitrogens with zero attached hydrogens (tertiary/aromatic N) is 3. The van der Waals surface area contributed by atoms with Crippen molar-refractivity contribution in [1.82, 2.24) is 9.97 Å². The number of carbonyl (C=O) groups is 2. The molecule has 0 fully saturated rings. The van der Waals surface area contributed by atoms with Crippen molar-refractivity contribution >= 4 is 29.5 Å². The molecule has 30 heavy (non-hydrogen) atoms. The van der Waals surface area contributed by atoms with Crippen molar-refractivity contribution in [1.29, 1.82) is 5.26 Å². The molecule has 158 valence electrons. The topological polar surface area (TPSA) is 160 Å². The van der Waals surface area contributed by atoms with Gasteiger partial charge in [0.05, 0.1) is 19.9 Å². The van der Waals surface area contributed by atoms with Crippen LogP contribution in [0.15, 0.2) is 23.4 Å². The fourth-order valence-electron chi connectivity index (χ4n) is 2.64. The number of benzene rings is 1. The number of primary amides is 1. The smallest absolute Gasteiger partial charge is 0.326 e. The third kappa shape index (κ3) is 5.30. The average molecular weight is 431 g/mol. The van der Waals surface area contributed by atoms with Gasteiger partial charge in [0.2, 0.25) is 5.91 Å². The molecule has 0 saturated heterocycles. The Bertz CT molecular complexity index is 992. The van der Waals surface area contributed by atoms with Crippen molar-refractivity contribution in [2.75, 3.05) is 25.8 Å². The number of nitrogens with two attached hydrogens (primary N) is 1. The first-order chi connectivity index (χ1) is 14.3. The van der Waals surface area contributed by atoms with E-state index in [9.17, 15) is 20.0 Å². The van der Waals surface area contributed by atoms with Gasteiger partial charge in [-0.1, -0.05) is 11.8 Å². The molecule has 0 aliphatic heterocycles. The van der Waals surface area contributed by atoms with Crippen LogP contribution in [0.2, 0.25) is 0 Å². The van der Waals surface area contributed by atoms with Gasteiger partial charge in [-0.05, 0) is 30.9 Å². The summed E-state index contributed by atoms with van der Waals surface area (Å²) in [4.78, 5) is 31.3.